The molecule has 1 unspecified atom stereocenters. The van der Waals surface area contributed by atoms with Crippen LogP contribution in [-0.2, 0) is 6.42 Å². The summed E-state index contributed by atoms with van der Waals surface area (Å²) in [6.07, 6.45) is 0.126. The van der Waals surface area contributed by atoms with Gasteiger partial charge in [0.05, 0.1) is 22.5 Å². The lowest BCUT2D eigenvalue weighted by molar-refractivity contribution is 0.228. The van der Waals surface area contributed by atoms with E-state index >= 15 is 0 Å². The second-order valence-corrected chi connectivity index (χ2v) is 7.56. The zero-order chi connectivity index (χ0) is 19.8. The number of nitrogens with zero attached hydrogens (tertiary/aromatic N) is 3. The van der Waals surface area contributed by atoms with E-state index in [2.05, 4.69) is 41.1 Å². The average molecular weight is 435 g/mol. The summed E-state index contributed by atoms with van der Waals surface area (Å²) >= 11 is 3.46. The second kappa shape index (κ2) is 7.27. The highest BCUT2D eigenvalue weighted by Gasteiger charge is 2.33. The van der Waals surface area contributed by atoms with Crippen LogP contribution in [0.4, 0.5) is 0 Å². The molecule has 140 valence electrons. The minimum Gasteiger partial charge on any atom is -0.453 e. The highest BCUT2D eigenvalue weighted by molar-refractivity contribution is 9.10. The Balaban J connectivity index is 1.93. The fourth-order valence-corrected chi connectivity index (χ4v) is 3.71. The maximum Gasteiger partial charge on any atom is 0.226 e. The lowest BCUT2D eigenvalue weighted by atomic mass is 9.91. The summed E-state index contributed by atoms with van der Waals surface area (Å²) in [5.41, 5.74) is 12.0. The Bertz CT molecular complexity index is 1110. The number of fused-ring (bicyclic) bond motifs is 1. The molecule has 1 aliphatic rings. The van der Waals surface area contributed by atoms with E-state index < -0.39 is 6.23 Å². The van der Waals surface area contributed by atoms with Crippen LogP contribution in [-0.4, -0.2) is 16.0 Å². The molecule has 3 aromatic rings. The first-order valence-corrected chi connectivity index (χ1v) is 9.84. The van der Waals surface area contributed by atoms with Gasteiger partial charge >= 0.3 is 0 Å². The first kappa shape index (κ1) is 18.5. The molecule has 2 heterocycles. The largest absolute Gasteiger partial charge is 0.453 e. The predicted molar refractivity (Wildman–Crippen MR) is 112 cm³/mol. The Morgan fingerprint density at radius 3 is 2.46 bits per heavy atom. The standard InChI is InChI=1S/C22H19BrN4O/c1-3-14-4-10-17(11-5-14)27-22-19(13(2)26-27)20(18(12-24)21(25)28-22)15-6-8-16(23)9-7-15/h4-11,21H,3,25H2,1-2H3. The average Bonchev–Trinajstić information content (AvgIpc) is 3.03. The number of aromatic nitrogens is 2. The van der Waals surface area contributed by atoms with Gasteiger partial charge in [0.1, 0.15) is 6.07 Å². The van der Waals surface area contributed by atoms with Gasteiger partial charge in [-0.25, -0.2) is 4.68 Å². The summed E-state index contributed by atoms with van der Waals surface area (Å²) in [6.45, 7) is 4.04. The molecule has 0 radical (unpaired) electrons. The number of ether oxygens (including phenoxy) is 1. The summed E-state index contributed by atoms with van der Waals surface area (Å²) in [7, 11) is 0. The van der Waals surface area contributed by atoms with E-state index in [9.17, 15) is 5.26 Å². The molecule has 5 nitrogen and oxygen atoms in total. The quantitative estimate of drug-likeness (QED) is 0.657. The lowest BCUT2D eigenvalue weighted by Crippen LogP contribution is -2.33. The molecule has 6 heteroatoms. The van der Waals surface area contributed by atoms with Gasteiger partial charge in [-0.05, 0) is 48.7 Å². The van der Waals surface area contributed by atoms with E-state index in [0.29, 0.717) is 11.5 Å². The number of halogens is 1. The summed E-state index contributed by atoms with van der Waals surface area (Å²) in [4.78, 5) is 0. The van der Waals surface area contributed by atoms with Crippen molar-refractivity contribution in [3.8, 4) is 17.6 Å². The molecular formula is C22H19BrN4O. The zero-order valence-corrected chi connectivity index (χ0v) is 17.2. The molecule has 0 saturated heterocycles. The van der Waals surface area contributed by atoms with Crippen LogP contribution in [0, 0.1) is 18.3 Å². The Morgan fingerprint density at radius 2 is 1.86 bits per heavy atom. The van der Waals surface area contributed by atoms with Crippen LogP contribution < -0.4 is 10.5 Å². The molecule has 1 aromatic heterocycles. The van der Waals surface area contributed by atoms with Gasteiger partial charge in [0.15, 0.2) is 6.23 Å². The van der Waals surface area contributed by atoms with Gasteiger partial charge < -0.3 is 4.74 Å². The highest BCUT2D eigenvalue weighted by atomic mass is 79.9. The number of hydrogen-bond donors (Lipinski definition) is 1. The normalized spacial score (nSPS) is 15.8. The third-order valence-corrected chi connectivity index (χ3v) is 5.43. The van der Waals surface area contributed by atoms with E-state index in [-0.39, 0.29) is 0 Å². The van der Waals surface area contributed by atoms with Crippen molar-refractivity contribution < 1.29 is 4.74 Å². The summed E-state index contributed by atoms with van der Waals surface area (Å²) in [5.74, 6) is 0.561. The van der Waals surface area contributed by atoms with Crippen molar-refractivity contribution in [2.45, 2.75) is 26.5 Å². The minimum absolute atomic E-state index is 0.402. The van der Waals surface area contributed by atoms with Gasteiger partial charge in [-0.3, -0.25) is 5.73 Å². The van der Waals surface area contributed by atoms with Crippen molar-refractivity contribution in [1.82, 2.24) is 9.78 Å². The van der Waals surface area contributed by atoms with E-state index in [0.717, 1.165) is 39.0 Å². The van der Waals surface area contributed by atoms with E-state index in [1.807, 2.05) is 43.3 Å². The van der Waals surface area contributed by atoms with Gasteiger partial charge in [-0.15, -0.1) is 0 Å². The van der Waals surface area contributed by atoms with Crippen molar-refractivity contribution in [2.75, 3.05) is 0 Å². The van der Waals surface area contributed by atoms with Crippen molar-refractivity contribution in [1.29, 1.82) is 5.26 Å². The number of nitriles is 1. The van der Waals surface area contributed by atoms with Crippen LogP contribution in [0.15, 0.2) is 58.6 Å². The van der Waals surface area contributed by atoms with Crippen LogP contribution in [0.2, 0.25) is 0 Å². The number of benzene rings is 2. The summed E-state index contributed by atoms with van der Waals surface area (Å²) in [6, 6.07) is 18.2. The summed E-state index contributed by atoms with van der Waals surface area (Å²) < 4.78 is 8.69. The van der Waals surface area contributed by atoms with Crippen molar-refractivity contribution >= 4 is 21.5 Å². The molecule has 4 rings (SSSR count). The van der Waals surface area contributed by atoms with Gasteiger partial charge in [0.25, 0.3) is 0 Å². The highest BCUT2D eigenvalue weighted by Crippen LogP contribution is 2.42. The molecule has 0 fully saturated rings. The van der Waals surface area contributed by atoms with Gasteiger partial charge in [-0.1, -0.05) is 47.1 Å². The maximum atomic E-state index is 9.74. The first-order valence-electron chi connectivity index (χ1n) is 9.05. The van der Waals surface area contributed by atoms with Gasteiger partial charge in [0.2, 0.25) is 5.88 Å². The molecule has 0 bridgehead atoms. The van der Waals surface area contributed by atoms with E-state index in [4.69, 9.17) is 15.6 Å². The smallest absolute Gasteiger partial charge is 0.226 e. The Hall–Kier alpha value is -2.88. The zero-order valence-electron chi connectivity index (χ0n) is 15.6. The molecule has 0 spiro atoms. The number of hydrogen-bond acceptors (Lipinski definition) is 4. The maximum absolute atomic E-state index is 9.74. The van der Waals surface area contributed by atoms with Gasteiger partial charge in [-0.2, -0.15) is 10.4 Å². The fraction of sp³-hybridized carbons (Fsp3) is 0.182. The van der Waals surface area contributed by atoms with Crippen LogP contribution in [0.3, 0.4) is 0 Å². The van der Waals surface area contributed by atoms with Crippen molar-refractivity contribution in [3.63, 3.8) is 0 Å². The molecule has 1 atom stereocenters. The van der Waals surface area contributed by atoms with E-state index in [1.54, 1.807) is 4.68 Å². The fourth-order valence-electron chi connectivity index (χ4n) is 3.44. The molecule has 0 amide bonds. The van der Waals surface area contributed by atoms with Crippen LogP contribution in [0.5, 0.6) is 5.88 Å². The molecule has 0 aliphatic carbocycles. The Labute approximate surface area is 172 Å². The molecule has 2 aromatic carbocycles. The third kappa shape index (κ3) is 3.03. The monoisotopic (exact) mass is 434 g/mol. The van der Waals surface area contributed by atoms with Gasteiger partial charge in [0, 0.05) is 10.0 Å². The first-order chi connectivity index (χ1) is 13.5. The van der Waals surface area contributed by atoms with Crippen LogP contribution >= 0.6 is 15.9 Å². The molecule has 1 aliphatic heterocycles. The number of nitrogens with two attached hydrogens (primary N) is 1. The van der Waals surface area contributed by atoms with Crippen LogP contribution in [0.1, 0.15) is 29.3 Å². The molecule has 2 N–H and O–H groups in total. The van der Waals surface area contributed by atoms with Crippen LogP contribution in [0.25, 0.3) is 11.3 Å². The molecular weight excluding hydrogens is 416 g/mol. The predicted octanol–water partition coefficient (Wildman–Crippen LogP) is 4.51. The van der Waals surface area contributed by atoms with E-state index in [1.165, 1.54) is 5.56 Å². The van der Waals surface area contributed by atoms with Crippen molar-refractivity contribution in [3.05, 3.63) is 81.0 Å². The Morgan fingerprint density at radius 1 is 1.18 bits per heavy atom. The topological polar surface area (TPSA) is 76.9 Å². The molecule has 0 saturated carbocycles. The minimum atomic E-state index is -0.846. The summed E-state index contributed by atoms with van der Waals surface area (Å²) in [5, 5.41) is 14.4. The number of aryl methyl sites for hydroxylation is 2. The molecule has 28 heavy (non-hydrogen) atoms. The third-order valence-electron chi connectivity index (χ3n) is 4.90. The number of rotatable bonds is 3. The Kier molecular flexibility index (Phi) is 4.80. The SMILES string of the molecule is CCc1ccc(-n2nc(C)c3c2OC(N)C(C#N)=C3c2ccc(Br)cc2)cc1. The second-order valence-electron chi connectivity index (χ2n) is 6.64. The lowest BCUT2D eigenvalue weighted by Gasteiger charge is -2.24. The van der Waals surface area contributed by atoms with Crippen molar-refractivity contribution in [2.24, 2.45) is 5.73 Å².